The highest BCUT2D eigenvalue weighted by Crippen LogP contribution is 2.36. The number of aromatic nitrogens is 4. The smallest absolute Gasteiger partial charge is 0.475 e. The predicted octanol–water partition coefficient (Wildman–Crippen LogP) is 3.19. The van der Waals surface area contributed by atoms with Crippen molar-refractivity contribution in [2.75, 3.05) is 57.0 Å². The standard InChI is InChI=1S/C38H50N10O4.C2HF3O2/c1-4-31(49)42-29-19-30(34(51)33(29)50)48-23-40-32-35(39-20-28(24-11-7-5-8-12-24)25-13-9-6-10-14-25)43-37(44-36(32)48)46-17-15-26(21-46)41-38(52)47-18-16-27(22-47)45(2)3;3-2(4,5)1(6)7/h5-14,23,26-30,33-34,50-51H,4,15-22H2,1-3H3,(H,41,52)(H,42,49)(H,39,43,44);(H,6,7)/t26-,27-,29+,30-,33-,34+;/m1./s1. The Morgan fingerprint density at radius 2 is 1.56 bits per heavy atom. The van der Waals surface area contributed by atoms with Crippen LogP contribution in [0.2, 0.25) is 0 Å². The van der Waals surface area contributed by atoms with Crippen LogP contribution in [0.25, 0.3) is 11.2 Å². The number of fused-ring (bicyclic) bond motifs is 1. The topological polar surface area (TPSA) is 201 Å². The van der Waals surface area contributed by atoms with E-state index < -0.39 is 36.4 Å². The second-order valence-electron chi connectivity index (χ2n) is 15.3. The molecule has 0 unspecified atom stereocenters. The number of aliphatic hydroxyl groups is 2. The molecule has 1 saturated carbocycles. The molecule has 3 amide bonds. The van der Waals surface area contributed by atoms with Gasteiger partial charge in [0.25, 0.3) is 0 Å². The zero-order chi connectivity index (χ0) is 42.4. The van der Waals surface area contributed by atoms with Crippen molar-refractivity contribution < 1.29 is 42.9 Å². The number of aliphatic hydroxyl groups excluding tert-OH is 2. The lowest BCUT2D eigenvalue weighted by molar-refractivity contribution is -0.192. The summed E-state index contributed by atoms with van der Waals surface area (Å²) in [5.41, 5.74) is 3.38. The molecule has 7 rings (SSSR count). The summed E-state index contributed by atoms with van der Waals surface area (Å²) in [4.78, 5) is 55.2. The third-order valence-corrected chi connectivity index (χ3v) is 11.2. The molecule has 2 aliphatic heterocycles. The number of urea groups is 1. The Hall–Kier alpha value is -5.53. The molecular formula is C40H51F3N10O6. The van der Waals surface area contributed by atoms with E-state index in [1.807, 2.05) is 41.3 Å². The molecule has 3 aliphatic rings. The second-order valence-corrected chi connectivity index (χ2v) is 15.3. The molecule has 59 heavy (non-hydrogen) atoms. The maximum Gasteiger partial charge on any atom is 0.490 e. The van der Waals surface area contributed by atoms with Gasteiger partial charge in [0, 0.05) is 57.1 Å². The van der Waals surface area contributed by atoms with Crippen LogP contribution in [-0.2, 0) is 9.59 Å². The second kappa shape index (κ2) is 18.6. The number of nitrogens with zero attached hydrogens (tertiary/aromatic N) is 7. The van der Waals surface area contributed by atoms with Crippen LogP contribution in [0.15, 0.2) is 67.0 Å². The summed E-state index contributed by atoms with van der Waals surface area (Å²) in [6.07, 6.45) is -3.43. The first kappa shape index (κ1) is 43.1. The molecule has 19 heteroatoms. The SMILES string of the molecule is CCC(=O)N[C@H]1C[C@@H](n2cnc3c(NCC(c4ccccc4)c4ccccc4)nc(N4CC[C@@H](NC(=O)N5CC[C@@H](N(C)C)C5)C4)nc32)[C@H](O)[C@@H]1O.O=C(O)C(F)(F)F. The number of carboxylic acids is 1. The quantitative estimate of drug-likeness (QED) is 0.129. The van der Waals surface area contributed by atoms with Gasteiger partial charge in [0.15, 0.2) is 17.0 Å². The Bertz CT molecular complexity index is 2020. The van der Waals surface area contributed by atoms with Crippen LogP contribution >= 0.6 is 0 Å². The van der Waals surface area contributed by atoms with Crippen molar-refractivity contribution in [1.29, 1.82) is 0 Å². The number of aliphatic carboxylic acids is 1. The van der Waals surface area contributed by atoms with Crippen molar-refractivity contribution in [2.45, 2.75) is 81.1 Å². The lowest BCUT2D eigenvalue weighted by Gasteiger charge is -2.23. The fraction of sp³-hybridized carbons (Fsp3) is 0.500. The molecule has 6 atom stereocenters. The average Bonchev–Trinajstić information content (AvgIpc) is 4.04. The molecule has 1 aliphatic carbocycles. The van der Waals surface area contributed by atoms with Crippen LogP contribution in [0.5, 0.6) is 0 Å². The van der Waals surface area contributed by atoms with Crippen molar-refractivity contribution in [1.82, 2.24) is 40.0 Å². The normalized spacial score (nSPS) is 23.1. The van der Waals surface area contributed by atoms with E-state index >= 15 is 0 Å². The molecule has 4 heterocycles. The maximum atomic E-state index is 13.2. The van der Waals surface area contributed by atoms with Crippen molar-refractivity contribution >= 4 is 40.8 Å². The fourth-order valence-corrected chi connectivity index (χ4v) is 7.82. The largest absolute Gasteiger partial charge is 0.490 e. The summed E-state index contributed by atoms with van der Waals surface area (Å²) >= 11 is 0. The number of likely N-dealkylation sites (N-methyl/N-ethyl adjacent to an activating group) is 1. The summed E-state index contributed by atoms with van der Waals surface area (Å²) in [6.45, 7) is 4.93. The molecule has 0 bridgehead atoms. The van der Waals surface area contributed by atoms with Crippen molar-refractivity contribution in [3.63, 3.8) is 0 Å². The van der Waals surface area contributed by atoms with E-state index in [1.165, 1.54) is 0 Å². The number of anilines is 2. The van der Waals surface area contributed by atoms with Gasteiger partial charge in [-0.15, -0.1) is 0 Å². The Labute approximate surface area is 339 Å². The van der Waals surface area contributed by atoms with E-state index in [0.29, 0.717) is 61.6 Å². The van der Waals surface area contributed by atoms with Crippen LogP contribution in [0.3, 0.4) is 0 Å². The summed E-state index contributed by atoms with van der Waals surface area (Å²) < 4.78 is 33.5. The molecule has 2 aromatic heterocycles. The first-order chi connectivity index (χ1) is 28.1. The fourth-order valence-electron chi connectivity index (χ4n) is 7.82. The zero-order valence-corrected chi connectivity index (χ0v) is 33.1. The average molecular weight is 825 g/mol. The lowest BCUT2D eigenvalue weighted by Crippen LogP contribution is -2.46. The minimum absolute atomic E-state index is 0.0248. The number of carboxylic acid groups (broad SMARTS) is 1. The first-order valence-corrected chi connectivity index (χ1v) is 19.6. The number of rotatable bonds is 11. The Kier molecular flexibility index (Phi) is 13.6. The Morgan fingerprint density at radius 3 is 2.14 bits per heavy atom. The summed E-state index contributed by atoms with van der Waals surface area (Å²) in [6, 6.07) is 19.7. The summed E-state index contributed by atoms with van der Waals surface area (Å²) in [7, 11) is 4.10. The third-order valence-electron chi connectivity index (χ3n) is 11.2. The molecule has 2 aromatic carbocycles. The summed E-state index contributed by atoms with van der Waals surface area (Å²) in [5, 5.41) is 38.9. The van der Waals surface area contributed by atoms with E-state index in [2.05, 4.69) is 64.1 Å². The van der Waals surface area contributed by atoms with Crippen LogP contribution in [-0.4, -0.2) is 146 Å². The monoisotopic (exact) mass is 824 g/mol. The molecule has 4 aromatic rings. The molecule has 0 radical (unpaired) electrons. The number of benzene rings is 2. The Morgan fingerprint density at radius 1 is 0.915 bits per heavy atom. The van der Waals surface area contributed by atoms with Crippen LogP contribution < -0.4 is 20.9 Å². The van der Waals surface area contributed by atoms with Crippen LogP contribution in [0.4, 0.5) is 29.7 Å². The van der Waals surface area contributed by atoms with E-state index in [1.54, 1.807) is 17.8 Å². The molecule has 318 valence electrons. The number of halogens is 3. The molecule has 0 spiro atoms. The number of imidazole rings is 1. The van der Waals surface area contributed by atoms with E-state index in [4.69, 9.17) is 24.9 Å². The van der Waals surface area contributed by atoms with Crippen LogP contribution in [0.1, 0.15) is 55.7 Å². The minimum Gasteiger partial charge on any atom is -0.475 e. The van der Waals surface area contributed by atoms with Crippen LogP contribution in [0, 0.1) is 0 Å². The molecule has 2 saturated heterocycles. The maximum absolute atomic E-state index is 13.2. The highest BCUT2D eigenvalue weighted by Gasteiger charge is 2.44. The van der Waals surface area contributed by atoms with E-state index in [-0.39, 0.29) is 30.3 Å². The van der Waals surface area contributed by atoms with E-state index in [0.717, 1.165) is 30.5 Å². The van der Waals surface area contributed by atoms with Gasteiger partial charge in [-0.3, -0.25) is 4.79 Å². The number of alkyl halides is 3. The van der Waals surface area contributed by atoms with Gasteiger partial charge in [-0.1, -0.05) is 67.6 Å². The third kappa shape index (κ3) is 10.2. The van der Waals surface area contributed by atoms with Crippen molar-refractivity contribution in [2.24, 2.45) is 0 Å². The van der Waals surface area contributed by atoms with Crippen molar-refractivity contribution in [3.05, 3.63) is 78.1 Å². The number of hydrogen-bond acceptors (Lipinski definition) is 11. The van der Waals surface area contributed by atoms with Gasteiger partial charge >= 0.3 is 18.2 Å². The number of nitrogens with one attached hydrogen (secondary N) is 3. The number of carbonyl (C=O) groups excluding carboxylic acids is 2. The minimum atomic E-state index is -5.08. The molecule has 16 nitrogen and oxygen atoms in total. The van der Waals surface area contributed by atoms with Crippen molar-refractivity contribution in [3.8, 4) is 0 Å². The first-order valence-electron chi connectivity index (χ1n) is 19.6. The van der Waals surface area contributed by atoms with Gasteiger partial charge in [0.2, 0.25) is 11.9 Å². The van der Waals surface area contributed by atoms with Gasteiger partial charge in [-0.05, 0) is 44.5 Å². The highest BCUT2D eigenvalue weighted by atomic mass is 19.4. The number of likely N-dealkylation sites (tertiary alicyclic amines) is 1. The van der Waals surface area contributed by atoms with Gasteiger partial charge in [-0.2, -0.15) is 23.1 Å². The van der Waals surface area contributed by atoms with Gasteiger partial charge in [-0.25, -0.2) is 14.6 Å². The predicted molar refractivity (Wildman–Crippen MR) is 213 cm³/mol. The summed E-state index contributed by atoms with van der Waals surface area (Å²) in [5.74, 6) is -1.88. The van der Waals surface area contributed by atoms with Gasteiger partial charge < -0.3 is 50.5 Å². The molecular weight excluding hydrogens is 773 g/mol. The lowest BCUT2D eigenvalue weighted by atomic mass is 9.91. The van der Waals surface area contributed by atoms with Gasteiger partial charge in [0.05, 0.1) is 18.4 Å². The zero-order valence-electron chi connectivity index (χ0n) is 33.1. The number of amides is 3. The number of hydrogen-bond donors (Lipinski definition) is 6. The number of carbonyl (C=O) groups is 3. The molecule has 6 N–H and O–H groups in total. The van der Waals surface area contributed by atoms with Gasteiger partial charge in [0.1, 0.15) is 12.2 Å². The van der Waals surface area contributed by atoms with E-state index in [9.17, 15) is 33.0 Å². The molecule has 3 fully saturated rings. The highest BCUT2D eigenvalue weighted by molar-refractivity contribution is 5.85. The Balaban J connectivity index is 0.000000768.